The van der Waals surface area contributed by atoms with Gasteiger partial charge in [-0.15, -0.1) is 10.2 Å². The molecule has 2 atom stereocenters. The van der Waals surface area contributed by atoms with E-state index in [0.717, 1.165) is 12.8 Å². The number of ether oxygens (including phenoxy) is 1. The fourth-order valence-corrected chi connectivity index (χ4v) is 5.20. The molecule has 2 bridgehead atoms. The van der Waals surface area contributed by atoms with Crippen LogP contribution in [-0.2, 0) is 0 Å². The summed E-state index contributed by atoms with van der Waals surface area (Å²) in [6, 6.07) is 4.83. The van der Waals surface area contributed by atoms with E-state index < -0.39 is 11.9 Å². The van der Waals surface area contributed by atoms with Crippen LogP contribution in [0.1, 0.15) is 25.7 Å². The fourth-order valence-electron chi connectivity index (χ4n) is 5.20. The first-order chi connectivity index (χ1) is 16.1. The highest BCUT2D eigenvalue weighted by Crippen LogP contribution is 2.38. The third-order valence-electron chi connectivity index (χ3n) is 6.59. The summed E-state index contributed by atoms with van der Waals surface area (Å²) >= 11 is 0. The summed E-state index contributed by atoms with van der Waals surface area (Å²) in [5.74, 6) is -0.0497. The molecule has 0 aliphatic carbocycles. The van der Waals surface area contributed by atoms with Gasteiger partial charge in [-0.05, 0) is 25.0 Å². The van der Waals surface area contributed by atoms with Crippen LogP contribution < -0.4 is 4.74 Å². The van der Waals surface area contributed by atoms with Crippen LogP contribution in [0.2, 0.25) is 0 Å². The first-order valence-corrected chi connectivity index (χ1v) is 10.7. The summed E-state index contributed by atoms with van der Waals surface area (Å²) in [5, 5.41) is 32.1. The van der Waals surface area contributed by atoms with E-state index in [-0.39, 0.29) is 18.2 Å². The molecule has 4 aromatic rings. The molecule has 2 unspecified atom stereocenters. The summed E-state index contributed by atoms with van der Waals surface area (Å²) in [7, 11) is 0. The number of aromatic amines is 2. The number of hydrogen-bond acceptors (Lipinski definition) is 6. The van der Waals surface area contributed by atoms with E-state index in [1.54, 1.807) is 35.6 Å². The van der Waals surface area contributed by atoms with Crippen LogP contribution in [0.15, 0.2) is 36.8 Å². The number of hydrogen-bond donors (Lipinski definition) is 3. The highest BCUT2D eigenvalue weighted by atomic mass is 19.1. The minimum Gasteiger partial charge on any atom is -0.473 e. The molecule has 3 aromatic heterocycles. The maximum atomic E-state index is 15.1. The zero-order valence-electron chi connectivity index (χ0n) is 17.4. The highest BCUT2D eigenvalue weighted by Gasteiger charge is 2.44. The van der Waals surface area contributed by atoms with Gasteiger partial charge >= 0.3 is 6.09 Å². The second-order valence-electron chi connectivity index (χ2n) is 8.47. The predicted octanol–water partition coefficient (Wildman–Crippen LogP) is 3.60. The molecule has 33 heavy (non-hydrogen) atoms. The summed E-state index contributed by atoms with van der Waals surface area (Å²) in [6.45, 7) is 0. The van der Waals surface area contributed by atoms with E-state index in [4.69, 9.17) is 4.74 Å². The Morgan fingerprint density at radius 1 is 1.15 bits per heavy atom. The Morgan fingerprint density at radius 3 is 2.64 bits per heavy atom. The second-order valence-corrected chi connectivity index (χ2v) is 8.47. The van der Waals surface area contributed by atoms with Crippen molar-refractivity contribution in [1.29, 1.82) is 0 Å². The Bertz CT molecular complexity index is 1310. The van der Waals surface area contributed by atoms with E-state index >= 15 is 4.39 Å². The number of nitrogens with one attached hydrogen (secondary N) is 2. The van der Waals surface area contributed by atoms with Crippen LogP contribution >= 0.6 is 0 Å². The maximum absolute atomic E-state index is 15.1. The zero-order chi connectivity index (χ0) is 22.5. The molecule has 2 aliphatic heterocycles. The highest BCUT2D eigenvalue weighted by molar-refractivity contribution is 6.02. The fraction of sp³-hybridized carbons (Fsp3) is 0.318. The number of carbonyl (C=O) groups is 1. The largest absolute Gasteiger partial charge is 0.473 e. The van der Waals surface area contributed by atoms with Gasteiger partial charge in [-0.1, -0.05) is 0 Å². The number of amides is 1. The third kappa shape index (κ3) is 3.27. The SMILES string of the molecule is O=C(O)N1C2CCC1CC(Oc1ccc(-c3cc(F)c(-c4cn[nH]c4)c4cn[nH]c34)nn1)C2. The molecule has 0 saturated carbocycles. The van der Waals surface area contributed by atoms with Gasteiger partial charge in [0, 0.05) is 59.3 Å². The van der Waals surface area contributed by atoms with Gasteiger partial charge in [0.25, 0.3) is 0 Å². The number of benzene rings is 1. The molecule has 1 amide bonds. The minimum absolute atomic E-state index is 0.0103. The van der Waals surface area contributed by atoms with Gasteiger partial charge in [0.05, 0.1) is 23.6 Å². The third-order valence-corrected chi connectivity index (χ3v) is 6.59. The molecule has 0 spiro atoms. The van der Waals surface area contributed by atoms with Gasteiger partial charge in [-0.3, -0.25) is 10.2 Å². The Morgan fingerprint density at radius 2 is 1.97 bits per heavy atom. The maximum Gasteiger partial charge on any atom is 0.407 e. The lowest BCUT2D eigenvalue weighted by molar-refractivity contribution is 0.0473. The summed E-state index contributed by atoms with van der Waals surface area (Å²) < 4.78 is 21.1. The molecule has 168 valence electrons. The van der Waals surface area contributed by atoms with Crippen LogP contribution in [0.5, 0.6) is 5.88 Å². The van der Waals surface area contributed by atoms with Crippen molar-refractivity contribution in [3.8, 4) is 28.3 Å². The molecule has 1 aromatic carbocycles. The van der Waals surface area contributed by atoms with Gasteiger partial charge < -0.3 is 14.7 Å². The lowest BCUT2D eigenvalue weighted by Gasteiger charge is -2.36. The first-order valence-electron chi connectivity index (χ1n) is 10.7. The molecule has 2 saturated heterocycles. The normalized spacial score (nSPS) is 22.1. The summed E-state index contributed by atoms with van der Waals surface area (Å²) in [5.41, 5.74) is 2.71. The topological polar surface area (TPSA) is 133 Å². The number of nitrogens with zero attached hydrogens (tertiary/aromatic N) is 5. The lowest BCUT2D eigenvalue weighted by atomic mass is 9.99. The molecule has 2 aliphatic rings. The van der Waals surface area contributed by atoms with Crippen molar-refractivity contribution in [1.82, 2.24) is 35.5 Å². The second kappa shape index (κ2) is 7.54. The predicted molar refractivity (Wildman–Crippen MR) is 115 cm³/mol. The molecule has 10 nitrogen and oxygen atoms in total. The van der Waals surface area contributed by atoms with Crippen molar-refractivity contribution in [2.24, 2.45) is 0 Å². The molecule has 6 rings (SSSR count). The smallest absolute Gasteiger partial charge is 0.407 e. The minimum atomic E-state index is -0.860. The summed E-state index contributed by atoms with van der Waals surface area (Å²) in [6.07, 6.45) is 6.80. The van der Waals surface area contributed by atoms with Crippen LogP contribution in [0.3, 0.4) is 0 Å². The first kappa shape index (κ1) is 19.6. The Labute approximate surface area is 186 Å². The Hall–Kier alpha value is -4.02. The van der Waals surface area contributed by atoms with Crippen LogP contribution in [0, 0.1) is 5.82 Å². The van der Waals surface area contributed by atoms with Crippen molar-refractivity contribution in [2.75, 3.05) is 0 Å². The average Bonchev–Trinajstić information content (AvgIpc) is 3.54. The van der Waals surface area contributed by atoms with Crippen LogP contribution in [-0.4, -0.2) is 64.9 Å². The number of piperidine rings is 1. The Balaban J connectivity index is 1.25. The molecular formula is C22H20FN7O3. The van der Waals surface area contributed by atoms with Gasteiger partial charge in [0.15, 0.2) is 0 Å². The van der Waals surface area contributed by atoms with Crippen molar-refractivity contribution in [3.05, 3.63) is 42.6 Å². The number of rotatable bonds is 4. The molecule has 2 fully saturated rings. The average molecular weight is 449 g/mol. The van der Waals surface area contributed by atoms with Crippen LogP contribution in [0.4, 0.5) is 9.18 Å². The van der Waals surface area contributed by atoms with E-state index in [9.17, 15) is 9.90 Å². The van der Waals surface area contributed by atoms with Crippen molar-refractivity contribution in [2.45, 2.75) is 43.9 Å². The van der Waals surface area contributed by atoms with Crippen molar-refractivity contribution < 1.29 is 19.0 Å². The van der Waals surface area contributed by atoms with E-state index in [2.05, 4.69) is 30.6 Å². The molecule has 3 N–H and O–H groups in total. The standard InChI is InChI=1S/C22H20FN7O3/c23-17-7-15(21-16(10-26-29-21)20(17)11-8-24-25-9-11)18-3-4-19(28-27-18)33-14-5-12-1-2-13(6-14)30(12)22(31)32/h3-4,7-10,12-14H,1-2,5-6H2,(H,24,25)(H,26,29)(H,31,32). The molecular weight excluding hydrogens is 429 g/mol. The van der Waals surface area contributed by atoms with Gasteiger partial charge in [-0.2, -0.15) is 10.2 Å². The van der Waals surface area contributed by atoms with Gasteiger partial charge in [0.1, 0.15) is 11.9 Å². The lowest BCUT2D eigenvalue weighted by Crippen LogP contribution is -2.48. The van der Waals surface area contributed by atoms with Gasteiger partial charge in [0.2, 0.25) is 5.88 Å². The number of halogens is 1. The summed E-state index contributed by atoms with van der Waals surface area (Å²) in [4.78, 5) is 13.0. The number of fused-ring (bicyclic) bond motifs is 3. The van der Waals surface area contributed by atoms with E-state index in [1.165, 1.54) is 6.07 Å². The zero-order valence-corrected chi connectivity index (χ0v) is 17.4. The quantitative estimate of drug-likeness (QED) is 0.433. The monoisotopic (exact) mass is 449 g/mol. The van der Waals surface area contributed by atoms with Crippen molar-refractivity contribution >= 4 is 17.0 Å². The number of carboxylic acid groups (broad SMARTS) is 1. The molecule has 11 heteroatoms. The van der Waals surface area contributed by atoms with Gasteiger partial charge in [-0.25, -0.2) is 9.18 Å². The number of aromatic nitrogens is 6. The molecule has 5 heterocycles. The Kier molecular flexibility index (Phi) is 4.49. The molecule has 0 radical (unpaired) electrons. The van der Waals surface area contributed by atoms with E-state index in [1.807, 2.05) is 0 Å². The van der Waals surface area contributed by atoms with Crippen LogP contribution in [0.25, 0.3) is 33.3 Å². The number of H-pyrrole nitrogens is 2. The van der Waals surface area contributed by atoms with Crippen molar-refractivity contribution in [3.63, 3.8) is 0 Å². The van der Waals surface area contributed by atoms with E-state index in [0.29, 0.717) is 52.0 Å².